The number of fused-ring (bicyclic) bond motifs is 1. The normalized spacial score (nSPS) is 29.5. The van der Waals surface area contributed by atoms with E-state index in [9.17, 15) is 13.5 Å². The van der Waals surface area contributed by atoms with Gasteiger partial charge < -0.3 is 19.3 Å². The first-order valence-corrected chi connectivity index (χ1v) is 13.9. The fraction of sp³-hybridized carbons (Fsp3) is 0.455. The van der Waals surface area contributed by atoms with Gasteiger partial charge in [0.15, 0.2) is 6.29 Å². The van der Waals surface area contributed by atoms with Crippen LogP contribution in [0, 0.1) is 6.92 Å². The lowest BCUT2D eigenvalue weighted by molar-refractivity contribution is -0.315. The van der Waals surface area contributed by atoms with Crippen LogP contribution in [0.3, 0.4) is 0 Å². The Morgan fingerprint density at radius 3 is 2.43 bits per heavy atom. The number of ether oxygens (including phenoxy) is 3. The van der Waals surface area contributed by atoms with Crippen molar-refractivity contribution in [2.24, 2.45) is 0 Å². The van der Waals surface area contributed by atoms with Crippen molar-refractivity contribution >= 4 is 57.0 Å². The summed E-state index contributed by atoms with van der Waals surface area (Å²) < 4.78 is 51.0. The van der Waals surface area contributed by atoms with Gasteiger partial charge in [0.05, 0.1) is 6.61 Å². The maximum absolute atomic E-state index is 12.6. The molecule has 0 aromatic heterocycles. The molecule has 2 aromatic rings. The number of hydrogen-bond acceptors (Lipinski definition) is 9. The minimum atomic E-state index is -4.68. The Kier molecular flexibility index (Phi) is 8.93. The van der Waals surface area contributed by atoms with Crippen molar-refractivity contribution in [2.45, 2.75) is 51.8 Å². The van der Waals surface area contributed by atoms with Gasteiger partial charge in [0.1, 0.15) is 36.5 Å². The molecule has 2 aliphatic heterocycles. The number of hydrogen-bond donors (Lipinski definition) is 1. The highest BCUT2D eigenvalue weighted by Crippen LogP contribution is 2.40. The van der Waals surface area contributed by atoms with Crippen LogP contribution in [-0.2, 0) is 33.0 Å². The molecule has 192 valence electrons. The molecule has 0 radical (unpaired) electrons. The molecule has 0 bridgehead atoms. The van der Waals surface area contributed by atoms with E-state index in [-0.39, 0.29) is 6.61 Å². The molecule has 4 rings (SSSR count). The average Bonchev–Trinajstić information content (AvgIpc) is 2.82. The van der Waals surface area contributed by atoms with E-state index in [0.717, 1.165) is 10.5 Å². The summed E-state index contributed by atoms with van der Waals surface area (Å²) >= 11 is 18.0. The van der Waals surface area contributed by atoms with E-state index in [1.807, 2.05) is 49.4 Å². The molecule has 1 N–H and O–H groups in total. The SMILES string of the molecule is Cc1ccc(S[C@@H]2O[C@@H]3CO[C@@H](c4ccccc4)O[C@H]3[C@H](OS(=O)(=O)OCC(Cl)(Cl)Cl)[C@H]2O)cc1. The first-order valence-electron chi connectivity index (χ1n) is 10.5. The van der Waals surface area contributed by atoms with Crippen molar-refractivity contribution in [3.05, 3.63) is 65.7 Å². The van der Waals surface area contributed by atoms with Crippen LogP contribution >= 0.6 is 46.6 Å². The Hall–Kier alpha value is -0.630. The largest absolute Gasteiger partial charge is 0.400 e. The zero-order valence-electron chi connectivity index (χ0n) is 18.3. The summed E-state index contributed by atoms with van der Waals surface area (Å²) in [4.78, 5) is 0.812. The molecular formula is C22H23Cl3O8S2. The van der Waals surface area contributed by atoms with Crippen LogP contribution < -0.4 is 0 Å². The first kappa shape index (κ1) is 27.4. The minimum Gasteiger partial charge on any atom is -0.387 e. The summed E-state index contributed by atoms with van der Waals surface area (Å²) in [6.45, 7) is 1.26. The van der Waals surface area contributed by atoms with Crippen molar-refractivity contribution in [3.8, 4) is 0 Å². The van der Waals surface area contributed by atoms with E-state index in [1.54, 1.807) is 12.1 Å². The van der Waals surface area contributed by atoms with Crippen LogP contribution in [0.4, 0.5) is 0 Å². The van der Waals surface area contributed by atoms with E-state index in [1.165, 1.54) is 11.8 Å². The number of aliphatic hydroxyl groups is 1. The molecule has 2 heterocycles. The molecule has 0 saturated carbocycles. The Morgan fingerprint density at radius 1 is 1.09 bits per heavy atom. The number of aliphatic hydroxyl groups excluding tert-OH is 1. The topological polar surface area (TPSA) is 101 Å². The van der Waals surface area contributed by atoms with E-state index >= 15 is 0 Å². The van der Waals surface area contributed by atoms with Gasteiger partial charge in [-0.1, -0.05) is 94.6 Å². The lowest BCUT2D eigenvalue weighted by Gasteiger charge is -2.47. The van der Waals surface area contributed by atoms with E-state index in [4.69, 9.17) is 57.4 Å². The molecule has 6 atom stereocenters. The first-order chi connectivity index (χ1) is 16.5. The number of thioether (sulfide) groups is 1. The lowest BCUT2D eigenvalue weighted by Crippen LogP contribution is -2.62. The monoisotopic (exact) mass is 584 g/mol. The van der Waals surface area contributed by atoms with E-state index < -0.39 is 56.9 Å². The van der Waals surface area contributed by atoms with Crippen molar-refractivity contribution in [3.63, 3.8) is 0 Å². The third-order valence-corrected chi connectivity index (χ3v) is 7.61. The molecule has 0 aliphatic carbocycles. The van der Waals surface area contributed by atoms with Crippen LogP contribution in [-0.4, -0.2) is 60.4 Å². The standard InChI is InChI=1S/C22H23Cl3O8S2/c1-13-7-9-15(10-8-13)34-21-17(26)19(33-35(27,28)30-12-22(23,24)25)18-16(31-21)11-29-20(32-18)14-5-3-2-4-6-14/h2-10,16-21,26H,11-12H2,1H3/t16-,17-,18-,19-,20-,21+/m1/s1. The van der Waals surface area contributed by atoms with Crippen LogP contribution in [0.2, 0.25) is 0 Å². The zero-order valence-corrected chi connectivity index (χ0v) is 22.2. The van der Waals surface area contributed by atoms with Crippen molar-refractivity contribution in [1.29, 1.82) is 0 Å². The number of alkyl halides is 3. The van der Waals surface area contributed by atoms with Gasteiger partial charge in [0, 0.05) is 10.5 Å². The molecule has 0 spiro atoms. The third-order valence-electron chi connectivity index (χ3n) is 5.25. The highest BCUT2D eigenvalue weighted by atomic mass is 35.6. The molecule has 13 heteroatoms. The quantitative estimate of drug-likeness (QED) is 0.477. The predicted octanol–water partition coefficient (Wildman–Crippen LogP) is 4.30. The average molecular weight is 586 g/mol. The Morgan fingerprint density at radius 2 is 1.77 bits per heavy atom. The molecular weight excluding hydrogens is 563 g/mol. The van der Waals surface area contributed by atoms with Crippen LogP contribution in [0.25, 0.3) is 0 Å². The smallest absolute Gasteiger partial charge is 0.387 e. The second kappa shape index (κ2) is 11.4. The summed E-state index contributed by atoms with van der Waals surface area (Å²) in [5, 5.41) is 11.1. The van der Waals surface area contributed by atoms with Crippen LogP contribution in [0.5, 0.6) is 0 Å². The second-order valence-corrected chi connectivity index (χ2v) is 12.9. The second-order valence-electron chi connectivity index (χ2n) is 7.99. The summed E-state index contributed by atoms with van der Waals surface area (Å²) in [6.07, 6.45) is -5.33. The molecule has 0 unspecified atom stereocenters. The van der Waals surface area contributed by atoms with Crippen molar-refractivity contribution < 1.29 is 36.1 Å². The summed E-state index contributed by atoms with van der Waals surface area (Å²) in [5.41, 5.74) is 0.900. The fourth-order valence-electron chi connectivity index (χ4n) is 3.60. The fourth-order valence-corrected chi connectivity index (χ4v) is 5.89. The van der Waals surface area contributed by atoms with Crippen LogP contribution in [0.15, 0.2) is 59.5 Å². The van der Waals surface area contributed by atoms with Crippen molar-refractivity contribution in [2.75, 3.05) is 13.2 Å². The zero-order chi connectivity index (χ0) is 25.2. The number of halogens is 3. The van der Waals surface area contributed by atoms with Gasteiger partial charge in [0.2, 0.25) is 3.79 Å². The number of benzene rings is 2. The lowest BCUT2D eigenvalue weighted by atomic mass is 9.99. The van der Waals surface area contributed by atoms with Gasteiger partial charge in [-0.3, -0.25) is 0 Å². The number of aryl methyl sites for hydroxylation is 1. The molecule has 8 nitrogen and oxygen atoms in total. The molecule has 2 fully saturated rings. The summed E-state index contributed by atoms with van der Waals surface area (Å²) in [7, 11) is -4.68. The molecule has 35 heavy (non-hydrogen) atoms. The predicted molar refractivity (Wildman–Crippen MR) is 132 cm³/mol. The number of rotatable bonds is 7. The van der Waals surface area contributed by atoms with Gasteiger partial charge in [-0.2, -0.15) is 8.42 Å². The highest BCUT2D eigenvalue weighted by Gasteiger charge is 2.52. The summed E-state index contributed by atoms with van der Waals surface area (Å²) in [5.74, 6) is 0. The van der Waals surface area contributed by atoms with Crippen LogP contribution in [0.1, 0.15) is 17.4 Å². The van der Waals surface area contributed by atoms with Gasteiger partial charge >= 0.3 is 10.4 Å². The maximum Gasteiger partial charge on any atom is 0.400 e. The summed E-state index contributed by atoms with van der Waals surface area (Å²) in [6, 6.07) is 16.7. The Balaban J connectivity index is 1.57. The molecule has 0 amide bonds. The van der Waals surface area contributed by atoms with Gasteiger partial charge in [0.25, 0.3) is 0 Å². The van der Waals surface area contributed by atoms with Gasteiger partial charge in [-0.05, 0) is 19.1 Å². The Labute approximate surface area is 223 Å². The third kappa shape index (κ3) is 7.45. The molecule has 2 aromatic carbocycles. The highest BCUT2D eigenvalue weighted by molar-refractivity contribution is 7.99. The minimum absolute atomic E-state index is 0.0802. The van der Waals surface area contributed by atoms with E-state index in [0.29, 0.717) is 5.56 Å². The van der Waals surface area contributed by atoms with Gasteiger partial charge in [-0.15, -0.1) is 0 Å². The molecule has 2 saturated heterocycles. The molecule has 2 aliphatic rings. The maximum atomic E-state index is 12.6. The Bertz CT molecular complexity index is 1080. The van der Waals surface area contributed by atoms with Gasteiger partial charge in [-0.25, -0.2) is 8.37 Å². The van der Waals surface area contributed by atoms with E-state index in [2.05, 4.69) is 0 Å². The van der Waals surface area contributed by atoms with Crippen molar-refractivity contribution in [1.82, 2.24) is 0 Å².